The number of hydrogen-bond acceptors (Lipinski definition) is 8. The molecule has 0 radical (unpaired) electrons. The summed E-state index contributed by atoms with van der Waals surface area (Å²) in [5, 5.41) is 2.57. The molecule has 10 nitrogen and oxygen atoms in total. The van der Waals surface area contributed by atoms with E-state index >= 15 is 0 Å². The van der Waals surface area contributed by atoms with Crippen LogP contribution in [0.25, 0.3) is 0 Å². The Kier molecular flexibility index (Phi) is 6.70. The molecule has 0 aliphatic carbocycles. The van der Waals surface area contributed by atoms with Crippen LogP contribution in [0, 0.1) is 6.92 Å². The van der Waals surface area contributed by atoms with Crippen LogP contribution >= 0.6 is 0 Å². The van der Waals surface area contributed by atoms with Crippen LogP contribution in [-0.4, -0.2) is 74.1 Å². The number of hydrazine groups is 1. The zero-order chi connectivity index (χ0) is 22.9. The Morgan fingerprint density at radius 3 is 2.45 bits per heavy atom. The molecule has 1 fully saturated rings. The van der Waals surface area contributed by atoms with E-state index in [1.54, 1.807) is 33.2 Å². The van der Waals surface area contributed by atoms with Crippen LogP contribution in [0.2, 0.25) is 0 Å². The molecule has 0 N–H and O–H groups in total. The molecule has 1 aromatic carbocycles. The third kappa shape index (κ3) is 4.59. The number of hydrogen-bond donors (Lipinski definition) is 0. The lowest BCUT2D eigenvalue weighted by molar-refractivity contribution is -0.217. The van der Waals surface area contributed by atoms with Crippen LogP contribution < -0.4 is 0 Å². The molecule has 2 amide bonds. The summed E-state index contributed by atoms with van der Waals surface area (Å²) in [7, 11) is -1.11. The number of sulfonamides is 1. The van der Waals surface area contributed by atoms with Gasteiger partial charge in [0.25, 0.3) is 10.0 Å². The molecule has 11 heteroatoms. The second-order valence-corrected chi connectivity index (χ2v) is 9.24. The highest BCUT2D eigenvalue weighted by Crippen LogP contribution is 2.37. The minimum Gasteiger partial charge on any atom is -0.458 e. The molecule has 31 heavy (non-hydrogen) atoms. The summed E-state index contributed by atoms with van der Waals surface area (Å²) in [5.41, 5.74) is 1.20. The maximum absolute atomic E-state index is 13.5. The Morgan fingerprint density at radius 2 is 1.90 bits per heavy atom. The van der Waals surface area contributed by atoms with E-state index in [2.05, 4.69) is 0 Å². The quantitative estimate of drug-likeness (QED) is 0.601. The zero-order valence-corrected chi connectivity index (χ0v) is 19.0. The molecule has 0 aromatic heterocycles. The average molecular weight is 454 g/mol. The normalized spacial score (nSPS) is 24.1. The molecule has 0 bridgehead atoms. The summed E-state index contributed by atoms with van der Waals surface area (Å²) in [5.74, 6) is -0.539. The number of esters is 1. The van der Waals surface area contributed by atoms with Crippen molar-refractivity contribution in [2.45, 2.75) is 50.7 Å². The van der Waals surface area contributed by atoms with Crippen LogP contribution in [0.15, 0.2) is 40.9 Å². The summed E-state index contributed by atoms with van der Waals surface area (Å²) >= 11 is 0. The average Bonchev–Trinajstić information content (AvgIpc) is 2.67. The highest BCUT2D eigenvalue weighted by Gasteiger charge is 2.50. The van der Waals surface area contributed by atoms with Gasteiger partial charge in [-0.2, -0.15) is 4.31 Å². The molecule has 3 rings (SSSR count). The molecule has 2 heterocycles. The van der Waals surface area contributed by atoms with Crippen molar-refractivity contribution in [3.63, 3.8) is 0 Å². The number of carbonyl (C=O) groups excluding carboxylic acids is 2. The number of rotatable bonds is 6. The molecule has 1 aromatic rings. The van der Waals surface area contributed by atoms with E-state index in [9.17, 15) is 18.0 Å². The first-order valence-electron chi connectivity index (χ1n) is 9.83. The van der Waals surface area contributed by atoms with E-state index in [-0.39, 0.29) is 11.3 Å². The van der Waals surface area contributed by atoms with Crippen LogP contribution in [0.5, 0.6) is 0 Å². The first kappa shape index (κ1) is 23.2. The van der Waals surface area contributed by atoms with Crippen molar-refractivity contribution in [3.05, 3.63) is 41.6 Å². The molecule has 170 valence electrons. The Morgan fingerprint density at radius 1 is 1.26 bits per heavy atom. The maximum atomic E-state index is 13.5. The molecule has 0 spiro atoms. The summed E-state index contributed by atoms with van der Waals surface area (Å²) in [4.78, 5) is 24.9. The summed E-state index contributed by atoms with van der Waals surface area (Å²) in [6, 6.07) is 5.34. The maximum Gasteiger partial charge on any atom is 0.355 e. The number of urea groups is 1. The number of fused-ring (bicyclic) bond motifs is 1. The first-order valence-corrected chi connectivity index (χ1v) is 11.3. The minimum absolute atomic E-state index is 0.0578. The Bertz CT molecular complexity index is 975. The third-order valence-electron chi connectivity index (χ3n) is 4.88. The Labute approximate surface area is 182 Å². The topological polar surface area (TPSA) is 106 Å². The summed E-state index contributed by atoms with van der Waals surface area (Å²) in [6.07, 6.45) is -1.37. The van der Waals surface area contributed by atoms with E-state index in [1.807, 2.05) is 6.92 Å². The van der Waals surface area contributed by atoms with Crippen molar-refractivity contribution < 1.29 is 32.2 Å². The Hall–Kier alpha value is -2.47. The fraction of sp³-hybridized carbons (Fsp3) is 0.500. The predicted octanol–water partition coefficient (Wildman–Crippen LogP) is 1.82. The lowest BCUT2D eigenvalue weighted by Gasteiger charge is -2.46. The van der Waals surface area contributed by atoms with Gasteiger partial charge in [0.05, 0.1) is 4.90 Å². The smallest absolute Gasteiger partial charge is 0.355 e. The number of amides is 2. The van der Waals surface area contributed by atoms with E-state index < -0.39 is 40.6 Å². The number of nitrogens with zero attached hydrogens (tertiary/aromatic N) is 3. The van der Waals surface area contributed by atoms with Crippen LogP contribution in [0.4, 0.5) is 4.79 Å². The van der Waals surface area contributed by atoms with Gasteiger partial charge >= 0.3 is 12.0 Å². The highest BCUT2D eigenvalue weighted by molar-refractivity contribution is 7.89. The minimum atomic E-state index is -4.30. The molecule has 0 saturated carbocycles. The van der Waals surface area contributed by atoms with Crippen LogP contribution in [0.1, 0.15) is 25.8 Å². The van der Waals surface area contributed by atoms with Crippen molar-refractivity contribution in [1.82, 2.24) is 14.3 Å². The molecular formula is C20H27N3O7S. The van der Waals surface area contributed by atoms with Gasteiger partial charge in [0.15, 0.2) is 12.5 Å². The van der Waals surface area contributed by atoms with Gasteiger partial charge in [0.1, 0.15) is 6.10 Å². The lowest BCUT2D eigenvalue weighted by Crippen LogP contribution is -2.61. The second-order valence-electron chi connectivity index (χ2n) is 7.42. The molecule has 3 atom stereocenters. The van der Waals surface area contributed by atoms with Crippen LogP contribution in [-0.2, 0) is 29.0 Å². The van der Waals surface area contributed by atoms with Crippen LogP contribution in [0.3, 0.4) is 0 Å². The number of aryl methyl sites for hydroxylation is 1. The third-order valence-corrected chi connectivity index (χ3v) is 6.62. The van der Waals surface area contributed by atoms with E-state index in [0.717, 1.165) is 10.6 Å². The molecule has 1 saturated heterocycles. The van der Waals surface area contributed by atoms with Gasteiger partial charge in [0.2, 0.25) is 0 Å². The van der Waals surface area contributed by atoms with Gasteiger partial charge < -0.3 is 14.2 Å². The molecule has 2 aliphatic heterocycles. The lowest BCUT2D eigenvalue weighted by atomic mass is 10.0. The van der Waals surface area contributed by atoms with E-state index in [0.29, 0.717) is 16.5 Å². The van der Waals surface area contributed by atoms with E-state index in [4.69, 9.17) is 14.2 Å². The monoisotopic (exact) mass is 453 g/mol. The van der Waals surface area contributed by atoms with Gasteiger partial charge in [-0.05, 0) is 26.0 Å². The molecular weight excluding hydrogens is 426 g/mol. The summed E-state index contributed by atoms with van der Waals surface area (Å²) in [6.45, 7) is 5.15. The van der Waals surface area contributed by atoms with Gasteiger partial charge in [-0.15, -0.1) is 0 Å². The van der Waals surface area contributed by atoms with Crippen molar-refractivity contribution in [1.29, 1.82) is 0 Å². The van der Waals surface area contributed by atoms with Gasteiger partial charge in [-0.1, -0.05) is 17.7 Å². The number of benzene rings is 1. The first-order chi connectivity index (χ1) is 14.6. The molecule has 0 unspecified atom stereocenters. The van der Waals surface area contributed by atoms with Crippen molar-refractivity contribution in [3.8, 4) is 0 Å². The second kappa shape index (κ2) is 8.95. The predicted molar refractivity (Wildman–Crippen MR) is 110 cm³/mol. The Balaban J connectivity index is 2.13. The fourth-order valence-electron chi connectivity index (χ4n) is 3.43. The van der Waals surface area contributed by atoms with Gasteiger partial charge in [0, 0.05) is 45.8 Å². The van der Waals surface area contributed by atoms with Crippen molar-refractivity contribution >= 4 is 22.0 Å². The van der Waals surface area contributed by atoms with Gasteiger partial charge in [-0.3, -0.25) is 4.79 Å². The summed E-state index contributed by atoms with van der Waals surface area (Å²) < 4.78 is 44.6. The van der Waals surface area contributed by atoms with Crippen molar-refractivity contribution in [2.24, 2.45) is 0 Å². The standard InChI is InChI=1S/C20H27N3O7S/c1-6-28-18-11-17(29-14(3)24)16-12-22(21(4)5)20(25)23(19(16)30-18)31(26,27)15-9-7-13(2)8-10-15/h7-10,12,17-19H,6,11H2,1-5H3/t17-,18-,19+/m1/s1. The van der Waals surface area contributed by atoms with E-state index in [1.165, 1.54) is 30.3 Å². The fourth-order valence-corrected chi connectivity index (χ4v) is 4.85. The molecule has 2 aliphatic rings. The highest BCUT2D eigenvalue weighted by atomic mass is 32.2. The zero-order valence-electron chi connectivity index (χ0n) is 18.1. The van der Waals surface area contributed by atoms with Crippen molar-refractivity contribution in [2.75, 3.05) is 20.7 Å². The SMILES string of the molecule is CCO[C@H]1C[C@@H](OC(C)=O)C2=CN(N(C)C)C(=O)N(S(=O)(=O)c3ccc(C)cc3)[C@H]2O1. The number of ether oxygens (including phenoxy) is 3. The van der Waals surface area contributed by atoms with Gasteiger partial charge in [-0.25, -0.2) is 23.2 Å². The number of carbonyl (C=O) groups is 2. The largest absolute Gasteiger partial charge is 0.458 e.